The quantitative estimate of drug-likeness (QED) is 0.922. The summed E-state index contributed by atoms with van der Waals surface area (Å²) in [4.78, 5) is 29.0. The van der Waals surface area contributed by atoms with Crippen LogP contribution < -0.4 is 0 Å². The molecule has 3 heterocycles. The number of nitrogens with zero attached hydrogens (tertiary/aromatic N) is 2. The van der Waals surface area contributed by atoms with Crippen molar-refractivity contribution in [2.45, 2.75) is 32.2 Å². The van der Waals surface area contributed by atoms with Gasteiger partial charge in [0.25, 0.3) is 5.91 Å². The molecule has 3 saturated heterocycles. The number of piperidine rings is 1. The highest BCUT2D eigenvalue weighted by atomic mass is 35.5. The molecule has 4 rings (SSSR count). The maximum atomic E-state index is 12.8. The lowest BCUT2D eigenvalue weighted by Gasteiger charge is -2.35. The van der Waals surface area contributed by atoms with E-state index in [9.17, 15) is 14.7 Å². The van der Waals surface area contributed by atoms with E-state index in [1.54, 1.807) is 11.0 Å². The molecule has 2 atom stereocenters. The first kappa shape index (κ1) is 16.1. The molecule has 23 heavy (non-hydrogen) atoms. The Labute approximate surface area is 140 Å². The third kappa shape index (κ3) is 3.02. The first-order chi connectivity index (χ1) is 11.0. The standard InChI is InChI=1S/C17H21ClN2O3/c1-2-7-20-13-5-3-12(17(20)23)9-19(10-13)16(22)11-4-6-15(21)14(18)8-11/h4,6,8,12-13,21H,2-3,5,7,9-10H2,1H3/t12-,13+/m0/s1. The predicted molar refractivity (Wildman–Crippen MR) is 87.5 cm³/mol. The van der Waals surface area contributed by atoms with Crippen LogP contribution in [0.25, 0.3) is 0 Å². The topological polar surface area (TPSA) is 60.9 Å². The molecule has 5 nitrogen and oxygen atoms in total. The summed E-state index contributed by atoms with van der Waals surface area (Å²) in [5.74, 6) is -0.0858. The molecule has 0 aromatic heterocycles. The zero-order valence-electron chi connectivity index (χ0n) is 13.2. The number of aromatic hydroxyl groups is 1. The lowest BCUT2D eigenvalue weighted by Crippen LogP contribution is -2.48. The molecular weight excluding hydrogens is 316 g/mol. The number of phenolic OH excluding ortho intramolecular Hbond substituents is 1. The Bertz CT molecular complexity index is 634. The molecule has 3 fully saturated rings. The summed E-state index contributed by atoms with van der Waals surface area (Å²) in [5, 5.41) is 9.66. The number of carbonyl (C=O) groups excluding carboxylic acids is 2. The normalized spacial score (nSPS) is 24.0. The Morgan fingerprint density at radius 2 is 2.13 bits per heavy atom. The third-order valence-electron chi connectivity index (χ3n) is 4.74. The lowest BCUT2D eigenvalue weighted by atomic mass is 9.94. The number of fused-ring (bicyclic) bond motifs is 4. The smallest absolute Gasteiger partial charge is 0.254 e. The van der Waals surface area contributed by atoms with Gasteiger partial charge in [-0.2, -0.15) is 0 Å². The fourth-order valence-corrected chi connectivity index (χ4v) is 3.74. The highest BCUT2D eigenvalue weighted by molar-refractivity contribution is 6.32. The van der Waals surface area contributed by atoms with Gasteiger partial charge in [-0.15, -0.1) is 0 Å². The zero-order chi connectivity index (χ0) is 16.6. The van der Waals surface area contributed by atoms with Gasteiger partial charge >= 0.3 is 0 Å². The van der Waals surface area contributed by atoms with Crippen LogP contribution in [-0.4, -0.2) is 52.4 Å². The largest absolute Gasteiger partial charge is 0.506 e. The second kappa shape index (κ2) is 6.40. The van der Waals surface area contributed by atoms with Gasteiger partial charge in [0.1, 0.15) is 5.75 Å². The molecule has 0 saturated carbocycles. The van der Waals surface area contributed by atoms with Gasteiger partial charge in [-0.3, -0.25) is 9.59 Å². The molecule has 1 aromatic rings. The van der Waals surface area contributed by atoms with E-state index >= 15 is 0 Å². The van der Waals surface area contributed by atoms with Gasteiger partial charge in [0.2, 0.25) is 5.91 Å². The maximum Gasteiger partial charge on any atom is 0.254 e. The first-order valence-corrected chi connectivity index (χ1v) is 8.47. The van der Waals surface area contributed by atoms with Gasteiger partial charge in [0, 0.05) is 31.2 Å². The predicted octanol–water partition coefficient (Wildman–Crippen LogP) is 2.52. The van der Waals surface area contributed by atoms with Gasteiger partial charge in [-0.25, -0.2) is 0 Å². The Hall–Kier alpha value is -1.75. The van der Waals surface area contributed by atoms with E-state index in [2.05, 4.69) is 6.92 Å². The number of benzene rings is 1. The molecule has 0 aliphatic carbocycles. The lowest BCUT2D eigenvalue weighted by molar-refractivity contribution is -0.139. The minimum atomic E-state index is -0.130. The Morgan fingerprint density at radius 3 is 2.83 bits per heavy atom. The second-order valence-corrected chi connectivity index (χ2v) is 6.74. The Balaban J connectivity index is 1.82. The number of hydrogen-bond donors (Lipinski definition) is 1. The monoisotopic (exact) mass is 336 g/mol. The van der Waals surface area contributed by atoms with E-state index in [1.165, 1.54) is 12.1 Å². The molecule has 0 spiro atoms. The van der Waals surface area contributed by atoms with Crippen LogP contribution in [0.1, 0.15) is 36.5 Å². The Morgan fingerprint density at radius 1 is 1.35 bits per heavy atom. The fraction of sp³-hybridized carbons (Fsp3) is 0.529. The molecule has 2 bridgehead atoms. The van der Waals surface area contributed by atoms with Crippen molar-refractivity contribution in [2.75, 3.05) is 19.6 Å². The average Bonchev–Trinajstić information content (AvgIpc) is 2.82. The molecule has 1 N–H and O–H groups in total. The van der Waals surface area contributed by atoms with Crippen molar-refractivity contribution in [1.29, 1.82) is 0 Å². The molecule has 6 heteroatoms. The van der Waals surface area contributed by atoms with E-state index in [0.29, 0.717) is 18.7 Å². The van der Waals surface area contributed by atoms with Crippen molar-refractivity contribution >= 4 is 23.4 Å². The second-order valence-electron chi connectivity index (χ2n) is 6.34. The minimum Gasteiger partial charge on any atom is -0.506 e. The fourth-order valence-electron chi connectivity index (χ4n) is 3.56. The molecule has 3 aliphatic heterocycles. The van der Waals surface area contributed by atoms with Gasteiger partial charge in [-0.1, -0.05) is 18.5 Å². The summed E-state index contributed by atoms with van der Waals surface area (Å²) in [7, 11) is 0. The van der Waals surface area contributed by atoms with Crippen molar-refractivity contribution < 1.29 is 14.7 Å². The number of hydrogen-bond acceptors (Lipinski definition) is 3. The summed E-state index contributed by atoms with van der Waals surface area (Å²) in [6.07, 6.45) is 2.73. The summed E-state index contributed by atoms with van der Waals surface area (Å²) < 4.78 is 0. The molecule has 1 aromatic carbocycles. The Kier molecular flexibility index (Phi) is 4.48. The van der Waals surface area contributed by atoms with Crippen LogP contribution in [0, 0.1) is 5.92 Å². The molecule has 0 radical (unpaired) electrons. The summed E-state index contributed by atoms with van der Waals surface area (Å²) in [6.45, 7) is 3.85. The van der Waals surface area contributed by atoms with Crippen LogP contribution in [0.2, 0.25) is 5.02 Å². The van der Waals surface area contributed by atoms with Gasteiger partial charge in [0.15, 0.2) is 0 Å². The van der Waals surface area contributed by atoms with E-state index in [0.717, 1.165) is 25.8 Å². The van der Waals surface area contributed by atoms with E-state index in [1.807, 2.05) is 4.90 Å². The molecule has 3 aliphatic rings. The molecule has 124 valence electrons. The van der Waals surface area contributed by atoms with Crippen LogP contribution in [0.3, 0.4) is 0 Å². The van der Waals surface area contributed by atoms with Crippen molar-refractivity contribution in [1.82, 2.24) is 9.80 Å². The van der Waals surface area contributed by atoms with Crippen molar-refractivity contribution in [2.24, 2.45) is 5.92 Å². The van der Waals surface area contributed by atoms with Crippen molar-refractivity contribution in [3.63, 3.8) is 0 Å². The van der Waals surface area contributed by atoms with Crippen LogP contribution in [0.15, 0.2) is 18.2 Å². The number of phenols is 1. The number of rotatable bonds is 3. The van der Waals surface area contributed by atoms with E-state index in [4.69, 9.17) is 11.6 Å². The van der Waals surface area contributed by atoms with E-state index < -0.39 is 0 Å². The van der Waals surface area contributed by atoms with Crippen molar-refractivity contribution in [3.05, 3.63) is 28.8 Å². The van der Waals surface area contributed by atoms with Crippen LogP contribution >= 0.6 is 11.6 Å². The third-order valence-corrected chi connectivity index (χ3v) is 5.04. The zero-order valence-corrected chi connectivity index (χ0v) is 13.9. The number of amides is 2. The van der Waals surface area contributed by atoms with Gasteiger partial charge in [0.05, 0.1) is 10.9 Å². The summed E-state index contributed by atoms with van der Waals surface area (Å²) >= 11 is 5.90. The van der Waals surface area contributed by atoms with Gasteiger partial charge < -0.3 is 14.9 Å². The van der Waals surface area contributed by atoms with Crippen molar-refractivity contribution in [3.8, 4) is 5.75 Å². The van der Waals surface area contributed by atoms with Gasteiger partial charge in [-0.05, 0) is 37.5 Å². The highest BCUT2D eigenvalue weighted by Crippen LogP contribution is 2.31. The summed E-state index contributed by atoms with van der Waals surface area (Å²) in [6, 6.07) is 4.59. The average molecular weight is 337 g/mol. The highest BCUT2D eigenvalue weighted by Gasteiger charge is 2.41. The number of halogens is 1. The van der Waals surface area contributed by atoms with E-state index in [-0.39, 0.29) is 34.5 Å². The number of carbonyl (C=O) groups is 2. The maximum absolute atomic E-state index is 12.8. The first-order valence-electron chi connectivity index (χ1n) is 8.09. The van der Waals surface area contributed by atoms with Crippen LogP contribution in [0.4, 0.5) is 0 Å². The molecule has 0 unspecified atom stereocenters. The van der Waals surface area contributed by atoms with Crippen LogP contribution in [0.5, 0.6) is 5.75 Å². The summed E-state index contributed by atoms with van der Waals surface area (Å²) in [5.41, 5.74) is 0.448. The van der Waals surface area contributed by atoms with Crippen LogP contribution in [-0.2, 0) is 4.79 Å². The minimum absolute atomic E-state index is 0.0385. The molecule has 2 amide bonds. The SMILES string of the molecule is CCCN1C(=O)[C@H]2CC[C@@H]1CN(C(=O)c1ccc(O)c(Cl)c1)C2. The molecular formula is C17H21ClN2O3.